The predicted octanol–water partition coefficient (Wildman–Crippen LogP) is 4.76. The summed E-state index contributed by atoms with van der Waals surface area (Å²) in [7, 11) is 0. The van der Waals surface area contributed by atoms with Crippen molar-refractivity contribution >= 4 is 17.9 Å². The van der Waals surface area contributed by atoms with E-state index in [9.17, 15) is 14.4 Å². The van der Waals surface area contributed by atoms with Crippen molar-refractivity contribution in [2.24, 2.45) is 0 Å². The molecular weight excluding hydrogens is 478 g/mol. The van der Waals surface area contributed by atoms with Gasteiger partial charge in [-0.1, -0.05) is 84.9 Å². The molecule has 0 saturated heterocycles. The molecule has 1 heterocycles. The van der Waals surface area contributed by atoms with Crippen molar-refractivity contribution < 1.29 is 19.1 Å². The van der Waals surface area contributed by atoms with Gasteiger partial charge in [0.1, 0.15) is 11.6 Å². The van der Waals surface area contributed by atoms with Gasteiger partial charge in [0.15, 0.2) is 0 Å². The summed E-state index contributed by atoms with van der Waals surface area (Å²) in [5.41, 5.74) is 3.55. The van der Waals surface area contributed by atoms with E-state index in [0.29, 0.717) is 19.6 Å². The first kappa shape index (κ1) is 26.9. The second-order valence-corrected chi connectivity index (χ2v) is 10.5. The van der Waals surface area contributed by atoms with Gasteiger partial charge in [-0.2, -0.15) is 0 Å². The van der Waals surface area contributed by atoms with Crippen molar-refractivity contribution in [2.75, 3.05) is 6.54 Å². The van der Waals surface area contributed by atoms with Crippen LogP contribution in [-0.4, -0.2) is 41.0 Å². The Bertz CT molecular complexity index is 1190. The number of amides is 3. The number of fused-ring (bicyclic) bond motifs is 1. The maximum absolute atomic E-state index is 13.5. The molecule has 1 atom stereocenters. The van der Waals surface area contributed by atoms with Crippen LogP contribution in [0.1, 0.15) is 55.4 Å². The lowest BCUT2D eigenvalue weighted by Crippen LogP contribution is -2.50. The maximum atomic E-state index is 13.5. The molecule has 198 valence electrons. The van der Waals surface area contributed by atoms with Crippen molar-refractivity contribution in [3.8, 4) is 0 Å². The van der Waals surface area contributed by atoms with E-state index >= 15 is 0 Å². The van der Waals surface area contributed by atoms with Crippen LogP contribution in [0.3, 0.4) is 0 Å². The molecule has 0 saturated carbocycles. The SMILES string of the molecule is CC(C)(C)OC(=O)N[C@@H](CC(=O)NCC(c1ccccc1)c1ccccc1)C(=O)N1Cc2ccccc2C1. The van der Waals surface area contributed by atoms with Gasteiger partial charge in [0, 0.05) is 25.6 Å². The van der Waals surface area contributed by atoms with Gasteiger partial charge in [-0.05, 0) is 43.0 Å². The van der Waals surface area contributed by atoms with Crippen LogP contribution >= 0.6 is 0 Å². The smallest absolute Gasteiger partial charge is 0.408 e. The fourth-order valence-electron chi connectivity index (χ4n) is 4.63. The van der Waals surface area contributed by atoms with E-state index in [0.717, 1.165) is 22.3 Å². The Hall–Kier alpha value is -4.13. The standard InChI is InChI=1S/C31H35N3O4/c1-31(2,3)38-30(37)33-27(29(36)34-20-24-16-10-11-17-25(24)21-34)18-28(35)32-19-26(22-12-6-4-7-13-22)23-14-8-5-9-15-23/h4-17,26-27H,18-21H2,1-3H3,(H,32,35)(H,33,37)/t27-/m0/s1. The van der Waals surface area contributed by atoms with Crippen LogP contribution in [0.2, 0.25) is 0 Å². The summed E-state index contributed by atoms with van der Waals surface area (Å²) in [5.74, 6) is -0.694. The number of rotatable bonds is 8. The first-order valence-electron chi connectivity index (χ1n) is 12.9. The lowest BCUT2D eigenvalue weighted by molar-refractivity contribution is -0.136. The molecule has 0 fully saturated rings. The molecule has 7 nitrogen and oxygen atoms in total. The highest BCUT2D eigenvalue weighted by molar-refractivity contribution is 5.91. The molecule has 0 aromatic heterocycles. The highest BCUT2D eigenvalue weighted by atomic mass is 16.6. The number of carbonyl (C=O) groups is 3. The van der Waals surface area contributed by atoms with Crippen LogP contribution in [-0.2, 0) is 27.4 Å². The number of hydrogen-bond acceptors (Lipinski definition) is 4. The number of nitrogens with zero attached hydrogens (tertiary/aromatic N) is 1. The molecule has 2 N–H and O–H groups in total. The number of nitrogens with one attached hydrogen (secondary N) is 2. The second kappa shape index (κ2) is 11.9. The Morgan fingerprint density at radius 3 is 1.82 bits per heavy atom. The Morgan fingerprint density at radius 1 is 0.816 bits per heavy atom. The summed E-state index contributed by atoms with van der Waals surface area (Å²) in [4.78, 5) is 40.9. The monoisotopic (exact) mass is 513 g/mol. The Balaban J connectivity index is 1.46. The number of carbonyl (C=O) groups excluding carboxylic acids is 3. The van der Waals surface area contributed by atoms with Crippen molar-refractivity contribution in [2.45, 2.75) is 57.8 Å². The first-order valence-corrected chi connectivity index (χ1v) is 12.9. The van der Waals surface area contributed by atoms with E-state index < -0.39 is 17.7 Å². The fourth-order valence-corrected chi connectivity index (χ4v) is 4.63. The molecule has 4 rings (SSSR count). The van der Waals surface area contributed by atoms with Gasteiger partial charge in [-0.15, -0.1) is 0 Å². The second-order valence-electron chi connectivity index (χ2n) is 10.5. The third-order valence-corrected chi connectivity index (χ3v) is 6.44. The lowest BCUT2D eigenvalue weighted by Gasteiger charge is -2.26. The van der Waals surface area contributed by atoms with Gasteiger partial charge in [-0.25, -0.2) is 4.79 Å². The number of benzene rings is 3. The summed E-state index contributed by atoms with van der Waals surface area (Å²) in [5, 5.41) is 5.64. The van der Waals surface area contributed by atoms with E-state index in [4.69, 9.17) is 4.74 Å². The van der Waals surface area contributed by atoms with Crippen LogP contribution in [0.4, 0.5) is 4.79 Å². The van der Waals surface area contributed by atoms with E-state index in [1.54, 1.807) is 25.7 Å². The topological polar surface area (TPSA) is 87.7 Å². The van der Waals surface area contributed by atoms with Crippen LogP contribution in [0, 0.1) is 0 Å². The lowest BCUT2D eigenvalue weighted by atomic mass is 9.91. The molecule has 38 heavy (non-hydrogen) atoms. The third-order valence-electron chi connectivity index (χ3n) is 6.44. The average Bonchev–Trinajstić information content (AvgIpc) is 3.32. The van der Waals surface area contributed by atoms with Crippen LogP contribution in [0.25, 0.3) is 0 Å². The fraction of sp³-hybridized carbons (Fsp3) is 0.323. The predicted molar refractivity (Wildman–Crippen MR) is 146 cm³/mol. The van der Waals surface area contributed by atoms with Gasteiger partial charge in [-0.3, -0.25) is 9.59 Å². The summed E-state index contributed by atoms with van der Waals surface area (Å²) in [6.45, 7) is 6.48. The van der Waals surface area contributed by atoms with E-state index in [1.165, 1.54) is 0 Å². The van der Waals surface area contributed by atoms with Crippen LogP contribution in [0.5, 0.6) is 0 Å². The minimum Gasteiger partial charge on any atom is -0.444 e. The molecule has 0 radical (unpaired) electrons. The van der Waals surface area contributed by atoms with Crippen molar-refractivity contribution in [3.05, 3.63) is 107 Å². The molecule has 3 amide bonds. The van der Waals surface area contributed by atoms with Crippen LogP contribution < -0.4 is 10.6 Å². The average molecular weight is 514 g/mol. The molecule has 0 bridgehead atoms. The molecule has 0 spiro atoms. The minimum atomic E-state index is -1.05. The summed E-state index contributed by atoms with van der Waals surface area (Å²) in [6.07, 6.45) is -0.923. The minimum absolute atomic E-state index is 0.0533. The van der Waals surface area contributed by atoms with Crippen LogP contribution in [0.15, 0.2) is 84.9 Å². The number of alkyl carbamates (subject to hydrolysis) is 1. The molecule has 3 aromatic rings. The highest BCUT2D eigenvalue weighted by Crippen LogP contribution is 2.25. The third kappa shape index (κ3) is 7.22. The van der Waals surface area contributed by atoms with E-state index in [1.807, 2.05) is 84.9 Å². The molecule has 7 heteroatoms. The molecule has 1 aliphatic heterocycles. The Kier molecular flexibility index (Phi) is 8.46. The number of hydrogen-bond donors (Lipinski definition) is 2. The molecular formula is C31H35N3O4. The summed E-state index contributed by atoms with van der Waals surface area (Å²) in [6, 6.07) is 26.7. The number of ether oxygens (including phenoxy) is 1. The van der Waals surface area contributed by atoms with E-state index in [-0.39, 0.29) is 24.2 Å². The van der Waals surface area contributed by atoms with Gasteiger partial charge in [0.2, 0.25) is 11.8 Å². The quantitative estimate of drug-likeness (QED) is 0.455. The van der Waals surface area contributed by atoms with Gasteiger partial charge in [0.05, 0.1) is 6.42 Å². The zero-order chi connectivity index (χ0) is 27.1. The van der Waals surface area contributed by atoms with E-state index in [2.05, 4.69) is 10.6 Å². The summed E-state index contributed by atoms with van der Waals surface area (Å²) < 4.78 is 5.39. The van der Waals surface area contributed by atoms with Crippen molar-refractivity contribution in [1.82, 2.24) is 15.5 Å². The zero-order valence-electron chi connectivity index (χ0n) is 22.1. The highest BCUT2D eigenvalue weighted by Gasteiger charge is 2.33. The van der Waals surface area contributed by atoms with Gasteiger partial charge < -0.3 is 20.3 Å². The molecule has 0 unspecified atom stereocenters. The Morgan fingerprint density at radius 2 is 1.32 bits per heavy atom. The first-order chi connectivity index (χ1) is 18.2. The molecule has 3 aromatic carbocycles. The van der Waals surface area contributed by atoms with Crippen molar-refractivity contribution in [1.29, 1.82) is 0 Å². The normalized spacial score (nSPS) is 13.5. The van der Waals surface area contributed by atoms with Gasteiger partial charge in [0.25, 0.3) is 0 Å². The Labute approximate surface area is 224 Å². The zero-order valence-corrected chi connectivity index (χ0v) is 22.1. The summed E-state index contributed by atoms with van der Waals surface area (Å²) >= 11 is 0. The van der Waals surface area contributed by atoms with Crippen molar-refractivity contribution in [3.63, 3.8) is 0 Å². The maximum Gasteiger partial charge on any atom is 0.408 e. The largest absolute Gasteiger partial charge is 0.444 e. The molecule has 0 aliphatic carbocycles. The van der Waals surface area contributed by atoms with Gasteiger partial charge >= 0.3 is 6.09 Å². The molecule has 1 aliphatic rings.